The van der Waals surface area contributed by atoms with Crippen LogP contribution in [-0.2, 0) is 11.4 Å². The van der Waals surface area contributed by atoms with Crippen molar-refractivity contribution in [2.24, 2.45) is 0 Å². The van der Waals surface area contributed by atoms with Crippen LogP contribution in [0.25, 0.3) is 17.5 Å². The Bertz CT molecular complexity index is 1310. The third-order valence-electron chi connectivity index (χ3n) is 5.15. The highest BCUT2D eigenvalue weighted by Crippen LogP contribution is 2.36. The summed E-state index contributed by atoms with van der Waals surface area (Å²) in [7, 11) is 0. The number of para-hydroxylation sites is 1. The zero-order chi connectivity index (χ0) is 22.6. The zero-order valence-corrected chi connectivity index (χ0v) is 18.8. The molecule has 0 radical (unpaired) electrons. The SMILES string of the molecule is Cc1nc(COc2ccccc2/C=C/C(=O)Nc2cccc(-c3nnnn3C3CC3)c2)cs1. The van der Waals surface area contributed by atoms with Gasteiger partial charge in [0.05, 0.1) is 16.7 Å². The summed E-state index contributed by atoms with van der Waals surface area (Å²) in [5.74, 6) is 1.17. The third kappa shape index (κ3) is 5.15. The van der Waals surface area contributed by atoms with Gasteiger partial charge in [-0.2, -0.15) is 0 Å². The molecule has 1 amide bonds. The molecule has 4 aromatic rings. The fraction of sp³-hybridized carbons (Fsp3) is 0.208. The number of carbonyl (C=O) groups is 1. The van der Waals surface area contributed by atoms with Gasteiger partial charge in [-0.1, -0.05) is 30.3 Å². The van der Waals surface area contributed by atoms with Crippen LogP contribution in [0.2, 0.25) is 0 Å². The first-order valence-corrected chi connectivity index (χ1v) is 11.5. The normalized spacial score (nSPS) is 13.4. The van der Waals surface area contributed by atoms with E-state index >= 15 is 0 Å². The van der Waals surface area contributed by atoms with Gasteiger partial charge < -0.3 is 10.1 Å². The average Bonchev–Trinajstić information content (AvgIpc) is 3.39. The van der Waals surface area contributed by atoms with Crippen molar-refractivity contribution < 1.29 is 9.53 Å². The van der Waals surface area contributed by atoms with E-state index in [0.717, 1.165) is 34.7 Å². The summed E-state index contributed by atoms with van der Waals surface area (Å²) in [5.41, 5.74) is 3.25. The van der Waals surface area contributed by atoms with Crippen LogP contribution in [0.15, 0.2) is 60.0 Å². The lowest BCUT2D eigenvalue weighted by atomic mass is 10.1. The molecule has 166 valence electrons. The molecule has 8 nitrogen and oxygen atoms in total. The minimum Gasteiger partial charge on any atom is -0.487 e. The Kier molecular flexibility index (Phi) is 5.95. The van der Waals surface area contributed by atoms with Crippen molar-refractivity contribution in [1.82, 2.24) is 25.2 Å². The number of nitrogens with one attached hydrogen (secondary N) is 1. The lowest BCUT2D eigenvalue weighted by Crippen LogP contribution is -2.08. The molecule has 0 saturated heterocycles. The van der Waals surface area contributed by atoms with Gasteiger partial charge in [-0.15, -0.1) is 16.4 Å². The number of hydrogen-bond acceptors (Lipinski definition) is 7. The molecule has 0 bridgehead atoms. The number of aromatic nitrogens is 5. The standard InChI is InChI=1S/C24H22N6O2S/c1-16-25-20(15-33-16)14-32-22-8-3-2-5-17(22)9-12-23(31)26-19-7-4-6-18(13-19)24-27-28-29-30(24)21-10-11-21/h2-9,12-13,15,21H,10-11,14H2,1H3,(H,26,31)/b12-9+. The maximum atomic E-state index is 12.6. The highest BCUT2D eigenvalue weighted by atomic mass is 32.1. The molecule has 9 heteroatoms. The van der Waals surface area contributed by atoms with Crippen molar-refractivity contribution in [2.45, 2.75) is 32.4 Å². The number of amides is 1. The van der Waals surface area contributed by atoms with E-state index in [4.69, 9.17) is 4.74 Å². The van der Waals surface area contributed by atoms with Crippen LogP contribution in [-0.4, -0.2) is 31.1 Å². The molecule has 1 N–H and O–H groups in total. The Morgan fingerprint density at radius 2 is 2.12 bits per heavy atom. The monoisotopic (exact) mass is 458 g/mol. The largest absolute Gasteiger partial charge is 0.487 e. The van der Waals surface area contributed by atoms with Crippen molar-refractivity contribution in [1.29, 1.82) is 0 Å². The number of anilines is 1. The van der Waals surface area contributed by atoms with E-state index in [1.54, 1.807) is 17.4 Å². The Labute approximate surface area is 194 Å². The molecule has 1 saturated carbocycles. The summed E-state index contributed by atoms with van der Waals surface area (Å²) in [6.45, 7) is 2.35. The highest BCUT2D eigenvalue weighted by molar-refractivity contribution is 7.09. The van der Waals surface area contributed by atoms with Crippen molar-refractivity contribution in [2.75, 3.05) is 5.32 Å². The first-order chi connectivity index (χ1) is 16.2. The number of aryl methyl sites for hydroxylation is 1. The minimum absolute atomic E-state index is 0.237. The first kappa shape index (κ1) is 21.0. The maximum Gasteiger partial charge on any atom is 0.248 e. The van der Waals surface area contributed by atoms with E-state index in [-0.39, 0.29) is 5.91 Å². The molecule has 0 aliphatic heterocycles. The zero-order valence-electron chi connectivity index (χ0n) is 18.0. The number of hydrogen-bond donors (Lipinski definition) is 1. The fourth-order valence-corrected chi connectivity index (χ4v) is 4.01. The molecule has 0 atom stereocenters. The van der Waals surface area contributed by atoms with Gasteiger partial charge in [-0.25, -0.2) is 9.67 Å². The third-order valence-corrected chi connectivity index (χ3v) is 5.97. The van der Waals surface area contributed by atoms with E-state index in [1.807, 2.05) is 65.5 Å². The predicted molar refractivity (Wildman–Crippen MR) is 127 cm³/mol. The van der Waals surface area contributed by atoms with E-state index in [2.05, 4.69) is 25.8 Å². The number of thiazole rings is 1. The van der Waals surface area contributed by atoms with Crippen LogP contribution in [0.1, 0.15) is 35.1 Å². The van der Waals surface area contributed by atoms with Crippen molar-refractivity contribution in [3.63, 3.8) is 0 Å². The second-order valence-electron chi connectivity index (χ2n) is 7.77. The number of tetrazole rings is 1. The van der Waals surface area contributed by atoms with Gasteiger partial charge in [0.25, 0.3) is 0 Å². The molecule has 0 spiro atoms. The first-order valence-electron chi connectivity index (χ1n) is 10.7. The van der Waals surface area contributed by atoms with Crippen LogP contribution >= 0.6 is 11.3 Å². The van der Waals surface area contributed by atoms with Gasteiger partial charge in [0, 0.05) is 28.3 Å². The van der Waals surface area contributed by atoms with Crippen LogP contribution in [0.5, 0.6) is 5.75 Å². The van der Waals surface area contributed by atoms with Crippen LogP contribution in [0.3, 0.4) is 0 Å². The molecule has 1 aliphatic rings. The summed E-state index contributed by atoms with van der Waals surface area (Å²) in [6.07, 6.45) is 5.42. The van der Waals surface area contributed by atoms with Crippen molar-refractivity contribution >= 4 is 29.0 Å². The van der Waals surface area contributed by atoms with Gasteiger partial charge in [0.15, 0.2) is 5.82 Å². The summed E-state index contributed by atoms with van der Waals surface area (Å²) in [4.78, 5) is 17.0. The molecule has 5 rings (SSSR count). The predicted octanol–water partition coefficient (Wildman–Crippen LogP) is 4.67. The number of carbonyl (C=O) groups excluding carboxylic acids is 1. The molecule has 2 heterocycles. The van der Waals surface area contributed by atoms with Crippen LogP contribution in [0, 0.1) is 6.92 Å². The van der Waals surface area contributed by atoms with E-state index in [9.17, 15) is 4.79 Å². The van der Waals surface area contributed by atoms with Crippen molar-refractivity contribution in [3.8, 4) is 17.1 Å². The summed E-state index contributed by atoms with van der Waals surface area (Å²) in [5, 5.41) is 17.9. The maximum absolute atomic E-state index is 12.6. The minimum atomic E-state index is -0.237. The Balaban J connectivity index is 1.25. The number of ether oxygens (including phenoxy) is 1. The van der Waals surface area contributed by atoms with E-state index in [0.29, 0.717) is 29.9 Å². The molecular formula is C24H22N6O2S. The van der Waals surface area contributed by atoms with Gasteiger partial charge in [0.1, 0.15) is 12.4 Å². The molecule has 33 heavy (non-hydrogen) atoms. The Hall–Kier alpha value is -3.85. The Morgan fingerprint density at radius 3 is 2.94 bits per heavy atom. The summed E-state index contributed by atoms with van der Waals surface area (Å²) in [6, 6.07) is 15.5. The summed E-state index contributed by atoms with van der Waals surface area (Å²) < 4.78 is 7.77. The molecule has 2 aromatic heterocycles. The van der Waals surface area contributed by atoms with Crippen LogP contribution in [0.4, 0.5) is 5.69 Å². The van der Waals surface area contributed by atoms with Crippen molar-refractivity contribution in [3.05, 3.63) is 76.3 Å². The van der Waals surface area contributed by atoms with Gasteiger partial charge in [-0.05, 0) is 54.5 Å². The molecule has 1 fully saturated rings. The molecule has 1 aliphatic carbocycles. The Morgan fingerprint density at radius 1 is 1.24 bits per heavy atom. The number of rotatable bonds is 8. The second-order valence-corrected chi connectivity index (χ2v) is 8.83. The molecule has 0 unspecified atom stereocenters. The van der Waals surface area contributed by atoms with E-state index < -0.39 is 0 Å². The quantitative estimate of drug-likeness (QED) is 0.386. The van der Waals surface area contributed by atoms with Gasteiger partial charge >= 0.3 is 0 Å². The molecule has 2 aromatic carbocycles. The number of benzene rings is 2. The smallest absolute Gasteiger partial charge is 0.248 e. The lowest BCUT2D eigenvalue weighted by molar-refractivity contribution is -0.111. The average molecular weight is 459 g/mol. The lowest BCUT2D eigenvalue weighted by Gasteiger charge is -2.08. The second kappa shape index (κ2) is 9.33. The van der Waals surface area contributed by atoms with E-state index in [1.165, 1.54) is 6.08 Å². The van der Waals surface area contributed by atoms with Gasteiger partial charge in [0.2, 0.25) is 5.91 Å². The number of nitrogens with zero attached hydrogens (tertiary/aromatic N) is 5. The summed E-state index contributed by atoms with van der Waals surface area (Å²) >= 11 is 1.59. The molecular weight excluding hydrogens is 436 g/mol. The topological polar surface area (TPSA) is 94.8 Å². The van der Waals surface area contributed by atoms with Gasteiger partial charge in [-0.3, -0.25) is 4.79 Å². The highest BCUT2D eigenvalue weighted by Gasteiger charge is 2.28. The van der Waals surface area contributed by atoms with Crippen LogP contribution < -0.4 is 10.1 Å². The fourth-order valence-electron chi connectivity index (χ4n) is 3.41.